The smallest absolute Gasteiger partial charge is 0.259 e. The lowest BCUT2D eigenvalue weighted by Gasteiger charge is -2.16. The summed E-state index contributed by atoms with van der Waals surface area (Å²) in [5.74, 6) is 0.0663. The van der Waals surface area contributed by atoms with E-state index in [4.69, 9.17) is 15.2 Å². The number of ether oxygens (including phenoxy) is 2. The average molecular weight is 360 g/mol. The van der Waals surface area contributed by atoms with E-state index in [1.54, 1.807) is 26.2 Å². The lowest BCUT2D eigenvalue weighted by molar-refractivity contribution is -0.130. The van der Waals surface area contributed by atoms with E-state index in [0.29, 0.717) is 11.4 Å². The zero-order valence-corrected chi connectivity index (χ0v) is 15.3. The Morgan fingerprint density at radius 2 is 2.00 bits per heavy atom. The molecule has 3 N–H and O–H groups in total. The van der Waals surface area contributed by atoms with E-state index in [-0.39, 0.29) is 49.9 Å². The number of carbonyl (C=O) groups excluding carboxylic acids is 2. The van der Waals surface area contributed by atoms with E-state index >= 15 is 0 Å². The van der Waals surface area contributed by atoms with Gasteiger partial charge in [-0.1, -0.05) is 6.07 Å². The number of anilines is 1. The second-order valence-electron chi connectivity index (χ2n) is 5.42. The van der Waals surface area contributed by atoms with Gasteiger partial charge in [0.15, 0.2) is 6.61 Å². The summed E-state index contributed by atoms with van der Waals surface area (Å²) in [6, 6.07) is 5.37. The summed E-state index contributed by atoms with van der Waals surface area (Å²) in [7, 11) is 4.82. The second-order valence-corrected chi connectivity index (χ2v) is 5.42. The van der Waals surface area contributed by atoms with Crippen molar-refractivity contribution in [1.82, 2.24) is 4.90 Å². The van der Waals surface area contributed by atoms with Crippen molar-refractivity contribution < 1.29 is 19.1 Å². The summed E-state index contributed by atoms with van der Waals surface area (Å²) >= 11 is 0. The van der Waals surface area contributed by atoms with Gasteiger partial charge in [0, 0.05) is 27.7 Å². The standard InChI is InChI=1S/C16H25N3O4.ClH/c1-11-5-6-13(18-15(20)8-12(9-17)22-4)14(7-11)23-10-16(21)19(2)3;/h5-7,12H,8-10,17H2,1-4H3,(H,18,20);1H. The molecule has 0 saturated heterocycles. The maximum Gasteiger partial charge on any atom is 0.259 e. The van der Waals surface area contributed by atoms with Crippen LogP contribution in [-0.2, 0) is 14.3 Å². The van der Waals surface area contributed by atoms with E-state index in [2.05, 4.69) is 5.32 Å². The number of rotatable bonds is 8. The number of methoxy groups -OCH3 is 1. The third kappa shape index (κ3) is 7.16. The van der Waals surface area contributed by atoms with Crippen LogP contribution in [0.2, 0.25) is 0 Å². The molecule has 136 valence electrons. The highest BCUT2D eigenvalue weighted by atomic mass is 35.5. The summed E-state index contributed by atoms with van der Waals surface area (Å²) < 4.78 is 10.6. The van der Waals surface area contributed by atoms with Crippen molar-refractivity contribution in [1.29, 1.82) is 0 Å². The van der Waals surface area contributed by atoms with Gasteiger partial charge in [0.1, 0.15) is 5.75 Å². The van der Waals surface area contributed by atoms with Gasteiger partial charge in [0.2, 0.25) is 5.91 Å². The Balaban J connectivity index is 0.00000529. The molecule has 0 bridgehead atoms. The van der Waals surface area contributed by atoms with E-state index in [1.807, 2.05) is 13.0 Å². The molecule has 0 saturated carbocycles. The number of hydrogen-bond acceptors (Lipinski definition) is 5. The first-order chi connectivity index (χ1) is 10.9. The number of nitrogens with two attached hydrogens (primary N) is 1. The van der Waals surface area contributed by atoms with Gasteiger partial charge in [-0.05, 0) is 24.6 Å². The fourth-order valence-corrected chi connectivity index (χ4v) is 1.79. The highest BCUT2D eigenvalue weighted by Gasteiger charge is 2.14. The maximum absolute atomic E-state index is 12.0. The van der Waals surface area contributed by atoms with Crippen LogP contribution in [0.3, 0.4) is 0 Å². The third-order valence-corrected chi connectivity index (χ3v) is 3.27. The van der Waals surface area contributed by atoms with Gasteiger partial charge in [-0.3, -0.25) is 9.59 Å². The number of nitrogens with zero attached hydrogens (tertiary/aromatic N) is 1. The molecule has 0 fully saturated rings. The van der Waals surface area contributed by atoms with Crippen molar-refractivity contribution in [2.24, 2.45) is 5.73 Å². The number of hydrogen-bond donors (Lipinski definition) is 2. The van der Waals surface area contributed by atoms with E-state index in [1.165, 1.54) is 12.0 Å². The summed E-state index contributed by atoms with van der Waals surface area (Å²) in [6.45, 7) is 2.07. The summed E-state index contributed by atoms with van der Waals surface area (Å²) in [4.78, 5) is 25.1. The molecule has 1 aromatic rings. The Morgan fingerprint density at radius 3 is 2.54 bits per heavy atom. The van der Waals surface area contributed by atoms with Crippen LogP contribution in [0.1, 0.15) is 12.0 Å². The molecule has 0 heterocycles. The molecule has 0 aliphatic heterocycles. The Morgan fingerprint density at radius 1 is 1.33 bits per heavy atom. The molecule has 0 aromatic heterocycles. The molecule has 0 radical (unpaired) electrons. The molecule has 1 unspecified atom stereocenters. The second kappa shape index (κ2) is 10.9. The fourth-order valence-electron chi connectivity index (χ4n) is 1.79. The average Bonchev–Trinajstić information content (AvgIpc) is 2.52. The molecule has 1 aromatic carbocycles. The highest BCUT2D eigenvalue weighted by Crippen LogP contribution is 2.26. The first kappa shape index (κ1) is 22.2. The Kier molecular flexibility index (Phi) is 10.0. The SMILES string of the molecule is COC(CN)CC(=O)Nc1ccc(C)cc1OCC(=O)N(C)C.Cl. The first-order valence-corrected chi connectivity index (χ1v) is 7.33. The van der Waals surface area contributed by atoms with Crippen LogP contribution in [0.25, 0.3) is 0 Å². The van der Waals surface area contributed by atoms with E-state index in [9.17, 15) is 9.59 Å². The summed E-state index contributed by atoms with van der Waals surface area (Å²) in [5.41, 5.74) is 6.99. The van der Waals surface area contributed by atoms with Crippen LogP contribution in [-0.4, -0.2) is 57.2 Å². The van der Waals surface area contributed by atoms with Crippen LogP contribution >= 0.6 is 12.4 Å². The Bertz CT molecular complexity index is 548. The number of aryl methyl sites for hydroxylation is 1. The van der Waals surface area contributed by atoms with Gasteiger partial charge in [0.25, 0.3) is 5.91 Å². The summed E-state index contributed by atoms with van der Waals surface area (Å²) in [6.07, 6.45) is -0.183. The molecule has 7 nitrogen and oxygen atoms in total. The maximum atomic E-state index is 12.0. The largest absolute Gasteiger partial charge is 0.482 e. The van der Waals surface area contributed by atoms with Crippen molar-refractivity contribution in [2.75, 3.05) is 39.7 Å². The topological polar surface area (TPSA) is 93.9 Å². The molecular weight excluding hydrogens is 334 g/mol. The first-order valence-electron chi connectivity index (χ1n) is 7.33. The quantitative estimate of drug-likeness (QED) is 0.727. The van der Waals surface area contributed by atoms with Crippen LogP contribution in [0.15, 0.2) is 18.2 Å². The Hall–Kier alpha value is -1.83. The van der Waals surface area contributed by atoms with E-state index < -0.39 is 0 Å². The molecule has 1 atom stereocenters. The van der Waals surface area contributed by atoms with Gasteiger partial charge >= 0.3 is 0 Å². The van der Waals surface area contributed by atoms with Crippen LogP contribution in [0, 0.1) is 6.92 Å². The summed E-state index contributed by atoms with van der Waals surface area (Å²) in [5, 5.41) is 2.77. The monoisotopic (exact) mass is 359 g/mol. The number of amides is 2. The minimum Gasteiger partial charge on any atom is -0.482 e. The lowest BCUT2D eigenvalue weighted by atomic mass is 10.2. The minimum absolute atomic E-state index is 0. The zero-order valence-electron chi connectivity index (χ0n) is 14.5. The van der Waals surface area contributed by atoms with Crippen molar-refractivity contribution in [2.45, 2.75) is 19.4 Å². The molecule has 0 spiro atoms. The molecule has 0 aliphatic carbocycles. The predicted molar refractivity (Wildman–Crippen MR) is 95.7 cm³/mol. The molecule has 0 aliphatic rings. The fraction of sp³-hybridized carbons (Fsp3) is 0.500. The van der Waals surface area contributed by atoms with Crippen molar-refractivity contribution >= 4 is 29.9 Å². The highest BCUT2D eigenvalue weighted by molar-refractivity contribution is 5.92. The van der Waals surface area contributed by atoms with Gasteiger partial charge in [-0.2, -0.15) is 0 Å². The number of nitrogens with one attached hydrogen (secondary N) is 1. The van der Waals surface area contributed by atoms with Gasteiger partial charge < -0.3 is 25.4 Å². The molecular formula is C16H26ClN3O4. The minimum atomic E-state index is -0.333. The van der Waals surface area contributed by atoms with Crippen molar-refractivity contribution in [3.8, 4) is 5.75 Å². The van der Waals surface area contributed by atoms with Crippen LogP contribution in [0.5, 0.6) is 5.75 Å². The van der Waals surface area contributed by atoms with Crippen molar-refractivity contribution in [3.05, 3.63) is 23.8 Å². The third-order valence-electron chi connectivity index (χ3n) is 3.27. The van der Waals surface area contributed by atoms with Gasteiger partial charge in [0.05, 0.1) is 18.2 Å². The molecule has 24 heavy (non-hydrogen) atoms. The van der Waals surface area contributed by atoms with Crippen molar-refractivity contribution in [3.63, 3.8) is 0 Å². The number of likely N-dealkylation sites (N-methyl/N-ethyl adjacent to an activating group) is 1. The zero-order chi connectivity index (χ0) is 17.4. The Labute approximate surface area is 148 Å². The lowest BCUT2D eigenvalue weighted by Crippen LogP contribution is -2.29. The number of carbonyl (C=O) groups is 2. The number of benzene rings is 1. The van der Waals surface area contributed by atoms with Crippen LogP contribution in [0.4, 0.5) is 5.69 Å². The normalized spacial score (nSPS) is 11.2. The van der Waals surface area contributed by atoms with Gasteiger partial charge in [-0.15, -0.1) is 12.4 Å². The molecule has 8 heteroatoms. The predicted octanol–water partition coefficient (Wildman–Crippen LogP) is 1.19. The molecule has 2 amide bonds. The van der Waals surface area contributed by atoms with Gasteiger partial charge in [-0.25, -0.2) is 0 Å². The van der Waals surface area contributed by atoms with Crippen LogP contribution < -0.4 is 15.8 Å². The number of halogens is 1. The van der Waals surface area contributed by atoms with E-state index in [0.717, 1.165) is 5.56 Å². The molecule has 1 rings (SSSR count).